The number of hydrogen-bond acceptors (Lipinski definition) is 5. The van der Waals surface area contributed by atoms with Crippen molar-refractivity contribution in [2.24, 2.45) is 0 Å². The molecule has 8 rings (SSSR count). The zero-order valence-electron chi connectivity index (χ0n) is 22.4. The Morgan fingerprint density at radius 1 is 0.357 bits per heavy atom. The van der Waals surface area contributed by atoms with Gasteiger partial charge in [0.05, 0.1) is 54.7 Å². The lowest BCUT2D eigenvalue weighted by Crippen LogP contribution is -2.18. The number of anilines is 6. The molecule has 6 heteroatoms. The van der Waals surface area contributed by atoms with E-state index < -0.39 is 10.8 Å². The van der Waals surface area contributed by atoms with E-state index in [1.807, 2.05) is 36.4 Å². The zero-order valence-corrected chi connectivity index (χ0v) is 24.8. The SMILES string of the molecule is O=S(c1ccccc1N1c2ccccc2Sc2ccccc21)c1ccccc1N1c2ccccc2Sc2ccccc21. The van der Waals surface area contributed by atoms with Crippen molar-refractivity contribution < 1.29 is 4.21 Å². The first-order valence-corrected chi connectivity index (χ1v) is 16.5. The van der Waals surface area contributed by atoms with Crippen LogP contribution < -0.4 is 9.80 Å². The normalized spacial score (nSPS) is 13.3. The van der Waals surface area contributed by atoms with Gasteiger partial charge < -0.3 is 9.80 Å². The van der Waals surface area contributed by atoms with Gasteiger partial charge in [0.15, 0.2) is 0 Å². The van der Waals surface area contributed by atoms with E-state index >= 15 is 0 Å². The summed E-state index contributed by atoms with van der Waals surface area (Å²) in [5.41, 5.74) is 6.20. The van der Waals surface area contributed by atoms with Gasteiger partial charge >= 0.3 is 0 Å². The summed E-state index contributed by atoms with van der Waals surface area (Å²) in [6.07, 6.45) is 0. The Kier molecular flexibility index (Phi) is 6.40. The Labute approximate surface area is 256 Å². The van der Waals surface area contributed by atoms with Crippen LogP contribution in [0.3, 0.4) is 0 Å². The fraction of sp³-hybridized carbons (Fsp3) is 0. The highest BCUT2D eigenvalue weighted by Gasteiger charge is 2.30. The molecule has 0 fully saturated rings. The number of fused-ring (bicyclic) bond motifs is 4. The zero-order chi connectivity index (χ0) is 28.0. The highest BCUT2D eigenvalue weighted by atomic mass is 32.2. The third kappa shape index (κ3) is 4.18. The molecule has 0 aliphatic carbocycles. The van der Waals surface area contributed by atoms with Crippen LogP contribution in [0.25, 0.3) is 0 Å². The molecule has 0 aromatic heterocycles. The van der Waals surface area contributed by atoms with Crippen LogP contribution in [0.2, 0.25) is 0 Å². The van der Waals surface area contributed by atoms with Gasteiger partial charge in [-0.2, -0.15) is 0 Å². The van der Waals surface area contributed by atoms with Crippen molar-refractivity contribution >= 4 is 68.4 Å². The maximum atomic E-state index is 14.9. The molecule has 0 atom stereocenters. The van der Waals surface area contributed by atoms with Crippen molar-refractivity contribution in [3.63, 3.8) is 0 Å². The van der Waals surface area contributed by atoms with Gasteiger partial charge in [0.1, 0.15) is 0 Å². The number of hydrogen-bond donors (Lipinski definition) is 0. The molecule has 0 saturated heterocycles. The van der Waals surface area contributed by atoms with E-state index in [0.29, 0.717) is 0 Å². The van der Waals surface area contributed by atoms with E-state index in [0.717, 1.165) is 43.9 Å². The summed E-state index contributed by atoms with van der Waals surface area (Å²) in [6, 6.07) is 50.0. The second-order valence-electron chi connectivity index (χ2n) is 9.95. The van der Waals surface area contributed by atoms with Crippen LogP contribution >= 0.6 is 23.5 Å². The van der Waals surface area contributed by atoms with E-state index in [9.17, 15) is 4.21 Å². The predicted molar refractivity (Wildman–Crippen MR) is 175 cm³/mol. The van der Waals surface area contributed by atoms with Crippen molar-refractivity contribution in [2.75, 3.05) is 9.80 Å². The van der Waals surface area contributed by atoms with E-state index in [1.165, 1.54) is 19.6 Å². The Morgan fingerprint density at radius 3 is 0.952 bits per heavy atom. The summed E-state index contributed by atoms with van der Waals surface area (Å²) in [6.45, 7) is 0. The molecule has 2 aliphatic heterocycles. The van der Waals surface area contributed by atoms with Gasteiger partial charge in [-0.3, -0.25) is 0 Å². The first kappa shape index (κ1) is 25.5. The molecule has 0 spiro atoms. The molecule has 6 aromatic rings. The third-order valence-electron chi connectivity index (χ3n) is 7.48. The number of nitrogens with zero attached hydrogens (tertiary/aromatic N) is 2. The van der Waals surface area contributed by atoms with Crippen molar-refractivity contribution in [2.45, 2.75) is 29.4 Å². The maximum Gasteiger partial charge on any atom is 0.0892 e. The minimum Gasteiger partial charge on any atom is -0.307 e. The molecule has 0 unspecified atom stereocenters. The molecule has 6 aromatic carbocycles. The Balaban J connectivity index is 1.30. The fourth-order valence-corrected chi connectivity index (χ4v) is 9.10. The molecule has 2 heterocycles. The molecule has 0 bridgehead atoms. The first-order chi connectivity index (χ1) is 20.8. The van der Waals surface area contributed by atoms with E-state index in [4.69, 9.17) is 0 Å². The van der Waals surface area contributed by atoms with Gasteiger partial charge in [-0.15, -0.1) is 0 Å². The third-order valence-corrected chi connectivity index (χ3v) is 11.2. The van der Waals surface area contributed by atoms with Gasteiger partial charge in [-0.1, -0.05) is 96.3 Å². The summed E-state index contributed by atoms with van der Waals surface area (Å²) in [4.78, 5) is 10.8. The minimum atomic E-state index is -1.48. The Morgan fingerprint density at radius 2 is 0.619 bits per heavy atom. The Hall–Kier alpha value is -4.23. The molecule has 2 aliphatic rings. The lowest BCUT2D eigenvalue weighted by molar-refractivity contribution is 0.683. The molecule has 3 nitrogen and oxygen atoms in total. The second kappa shape index (κ2) is 10.6. The van der Waals surface area contributed by atoms with E-state index in [2.05, 4.69) is 119 Å². The van der Waals surface area contributed by atoms with Gasteiger partial charge in [0.25, 0.3) is 0 Å². The number of benzene rings is 6. The lowest BCUT2D eigenvalue weighted by atomic mass is 10.2. The Bertz CT molecular complexity index is 1770. The smallest absolute Gasteiger partial charge is 0.0892 e. The van der Waals surface area contributed by atoms with Crippen LogP contribution in [0.15, 0.2) is 175 Å². The average molecular weight is 597 g/mol. The quantitative estimate of drug-likeness (QED) is 0.201. The molecular weight excluding hydrogens is 573 g/mol. The highest BCUT2D eigenvalue weighted by molar-refractivity contribution is 8.00. The van der Waals surface area contributed by atoms with Crippen LogP contribution in [0.5, 0.6) is 0 Å². The van der Waals surface area contributed by atoms with Crippen LogP contribution in [-0.2, 0) is 10.8 Å². The monoisotopic (exact) mass is 596 g/mol. The first-order valence-electron chi connectivity index (χ1n) is 13.7. The van der Waals surface area contributed by atoms with E-state index in [1.54, 1.807) is 23.5 Å². The standard InChI is InChI=1S/C36H24N2OS3/c39-42(35-23-11-5-17-29(35)37-25-13-1-7-19-31(25)40-32-20-8-2-14-26(32)37)36-24-12-6-18-30(36)38-27-15-3-9-21-33(27)41-34-22-10-4-16-28(34)38/h1-24H. The summed E-state index contributed by atoms with van der Waals surface area (Å²) >= 11 is 3.55. The van der Waals surface area contributed by atoms with Crippen LogP contribution in [0, 0.1) is 0 Å². The summed E-state index contributed by atoms with van der Waals surface area (Å²) in [5.74, 6) is 0. The van der Waals surface area contributed by atoms with Crippen molar-refractivity contribution in [1.29, 1.82) is 0 Å². The second-order valence-corrected chi connectivity index (χ2v) is 13.5. The van der Waals surface area contributed by atoms with Crippen LogP contribution in [0.4, 0.5) is 34.1 Å². The topological polar surface area (TPSA) is 23.6 Å². The van der Waals surface area contributed by atoms with Gasteiger partial charge in [0.2, 0.25) is 0 Å². The van der Waals surface area contributed by atoms with E-state index in [-0.39, 0.29) is 0 Å². The molecule has 0 N–H and O–H groups in total. The molecular formula is C36H24N2OS3. The fourth-order valence-electron chi connectivity index (χ4n) is 5.64. The molecule has 0 amide bonds. The average Bonchev–Trinajstić information content (AvgIpc) is 3.06. The van der Waals surface area contributed by atoms with Gasteiger partial charge in [-0.25, -0.2) is 4.21 Å². The molecule has 42 heavy (non-hydrogen) atoms. The summed E-state index contributed by atoms with van der Waals surface area (Å²) < 4.78 is 14.9. The van der Waals surface area contributed by atoms with Crippen LogP contribution in [-0.4, -0.2) is 4.21 Å². The minimum absolute atomic E-state index is 0.773. The van der Waals surface area contributed by atoms with Crippen LogP contribution in [0.1, 0.15) is 0 Å². The molecule has 0 saturated carbocycles. The largest absolute Gasteiger partial charge is 0.307 e. The number of rotatable bonds is 4. The highest BCUT2D eigenvalue weighted by Crippen LogP contribution is 2.54. The molecule has 202 valence electrons. The number of para-hydroxylation sites is 6. The van der Waals surface area contributed by atoms with Gasteiger partial charge in [-0.05, 0) is 72.8 Å². The summed E-state index contributed by atoms with van der Waals surface area (Å²) in [5, 5.41) is 0. The lowest BCUT2D eigenvalue weighted by Gasteiger charge is -2.35. The van der Waals surface area contributed by atoms with Crippen molar-refractivity contribution in [3.05, 3.63) is 146 Å². The maximum absolute atomic E-state index is 14.9. The van der Waals surface area contributed by atoms with Gasteiger partial charge in [0, 0.05) is 19.6 Å². The van der Waals surface area contributed by atoms with Crippen molar-refractivity contribution in [3.8, 4) is 0 Å². The van der Waals surface area contributed by atoms with Crippen molar-refractivity contribution in [1.82, 2.24) is 0 Å². The predicted octanol–water partition coefficient (Wildman–Crippen LogP) is 10.7. The molecule has 0 radical (unpaired) electrons. The summed E-state index contributed by atoms with van der Waals surface area (Å²) in [7, 11) is -1.48.